The van der Waals surface area contributed by atoms with E-state index in [0.717, 1.165) is 17.7 Å². The first-order valence-corrected chi connectivity index (χ1v) is 8.60. The van der Waals surface area contributed by atoms with Gasteiger partial charge in [-0.15, -0.1) is 0 Å². The van der Waals surface area contributed by atoms with Crippen LogP contribution in [0.25, 0.3) is 0 Å². The molecule has 0 fully saturated rings. The average molecular weight is 346 g/mol. The number of allylic oxidation sites excluding steroid dienone is 1. The first kappa shape index (κ1) is 18.8. The zero-order valence-electron chi connectivity index (χ0n) is 15.2. The molecule has 25 heavy (non-hydrogen) atoms. The molecule has 1 aromatic carbocycles. The predicted octanol–water partition coefficient (Wildman–Crippen LogP) is 3.30. The van der Waals surface area contributed by atoms with Crippen molar-refractivity contribution in [2.45, 2.75) is 40.2 Å². The van der Waals surface area contributed by atoms with Crippen LogP contribution in [0, 0.1) is 5.92 Å². The Hall–Kier alpha value is -2.50. The second kappa shape index (κ2) is 8.55. The number of benzene rings is 1. The quantitative estimate of drug-likeness (QED) is 0.743. The van der Waals surface area contributed by atoms with Crippen LogP contribution in [0.3, 0.4) is 0 Å². The van der Waals surface area contributed by atoms with Crippen LogP contribution >= 0.6 is 0 Å². The molecule has 1 aliphatic rings. The summed E-state index contributed by atoms with van der Waals surface area (Å²) >= 11 is 0. The van der Waals surface area contributed by atoms with Gasteiger partial charge in [0, 0.05) is 5.70 Å². The molecule has 0 saturated carbocycles. The van der Waals surface area contributed by atoms with Crippen LogP contribution in [0.5, 0.6) is 5.75 Å². The van der Waals surface area contributed by atoms with Crippen LogP contribution in [-0.4, -0.2) is 25.2 Å². The molecule has 1 heterocycles. The lowest BCUT2D eigenvalue weighted by atomic mass is 9.95. The highest BCUT2D eigenvalue weighted by atomic mass is 16.5. The summed E-state index contributed by atoms with van der Waals surface area (Å²) < 4.78 is 10.9. The number of rotatable bonds is 7. The van der Waals surface area contributed by atoms with Crippen LogP contribution < -0.4 is 15.4 Å². The van der Waals surface area contributed by atoms with E-state index in [4.69, 9.17) is 9.47 Å². The number of amides is 2. The SMILES string of the molecule is CCCOc1ccc([C@H]2NC(=O)NC(C)=C2C(=O)OCC(C)C)cc1. The summed E-state index contributed by atoms with van der Waals surface area (Å²) in [6.07, 6.45) is 0.930. The zero-order chi connectivity index (χ0) is 18.4. The molecule has 1 atom stereocenters. The molecule has 0 bridgehead atoms. The van der Waals surface area contributed by atoms with Crippen molar-refractivity contribution in [2.24, 2.45) is 5.92 Å². The van der Waals surface area contributed by atoms with Gasteiger partial charge in [0.25, 0.3) is 0 Å². The Labute approximate surface area is 148 Å². The third kappa shape index (κ3) is 4.98. The number of hydrogen-bond donors (Lipinski definition) is 2. The van der Waals surface area contributed by atoms with Crippen LogP contribution in [0.1, 0.15) is 45.7 Å². The van der Waals surface area contributed by atoms with Gasteiger partial charge in [-0.25, -0.2) is 9.59 Å². The van der Waals surface area contributed by atoms with E-state index in [1.807, 2.05) is 45.0 Å². The molecule has 6 heteroatoms. The van der Waals surface area contributed by atoms with Gasteiger partial charge in [-0.3, -0.25) is 0 Å². The third-order valence-electron chi connectivity index (χ3n) is 3.72. The van der Waals surface area contributed by atoms with Crippen molar-refractivity contribution in [3.63, 3.8) is 0 Å². The fourth-order valence-corrected chi connectivity index (χ4v) is 2.51. The van der Waals surface area contributed by atoms with Gasteiger partial charge in [-0.2, -0.15) is 0 Å². The van der Waals surface area contributed by atoms with Crippen LogP contribution in [0.2, 0.25) is 0 Å². The Balaban J connectivity index is 2.24. The molecular weight excluding hydrogens is 320 g/mol. The third-order valence-corrected chi connectivity index (χ3v) is 3.72. The maximum Gasteiger partial charge on any atom is 0.338 e. The number of carbonyl (C=O) groups excluding carboxylic acids is 2. The summed E-state index contributed by atoms with van der Waals surface area (Å²) in [4.78, 5) is 24.4. The molecule has 136 valence electrons. The van der Waals surface area contributed by atoms with E-state index in [2.05, 4.69) is 10.6 Å². The Bertz CT molecular complexity index is 650. The van der Waals surface area contributed by atoms with Crippen molar-refractivity contribution in [2.75, 3.05) is 13.2 Å². The second-order valence-electron chi connectivity index (χ2n) is 6.48. The van der Waals surface area contributed by atoms with E-state index in [1.165, 1.54) is 0 Å². The summed E-state index contributed by atoms with van der Waals surface area (Å²) in [7, 11) is 0. The first-order chi connectivity index (χ1) is 11.9. The fourth-order valence-electron chi connectivity index (χ4n) is 2.51. The van der Waals surface area contributed by atoms with Gasteiger partial charge in [0.05, 0.1) is 24.8 Å². The smallest absolute Gasteiger partial charge is 0.338 e. The molecule has 2 N–H and O–H groups in total. The molecule has 0 aromatic heterocycles. The molecule has 0 spiro atoms. The molecule has 0 unspecified atom stereocenters. The normalized spacial score (nSPS) is 17.2. The van der Waals surface area contributed by atoms with Crippen molar-refractivity contribution in [3.05, 3.63) is 41.1 Å². The average Bonchev–Trinajstić information content (AvgIpc) is 2.57. The molecule has 0 saturated heterocycles. The lowest BCUT2D eigenvalue weighted by molar-refractivity contribution is -0.140. The van der Waals surface area contributed by atoms with Crippen LogP contribution in [0.15, 0.2) is 35.5 Å². The van der Waals surface area contributed by atoms with Crippen LogP contribution in [0.4, 0.5) is 4.79 Å². The van der Waals surface area contributed by atoms with E-state index in [0.29, 0.717) is 24.5 Å². The van der Waals surface area contributed by atoms with Gasteiger partial charge >= 0.3 is 12.0 Å². The highest BCUT2D eigenvalue weighted by molar-refractivity contribution is 5.95. The fraction of sp³-hybridized carbons (Fsp3) is 0.474. The molecule has 2 amide bonds. The van der Waals surface area contributed by atoms with Crippen molar-refractivity contribution in [1.82, 2.24) is 10.6 Å². The topological polar surface area (TPSA) is 76.7 Å². The van der Waals surface area contributed by atoms with Gasteiger partial charge in [-0.1, -0.05) is 32.9 Å². The molecule has 6 nitrogen and oxygen atoms in total. The number of hydrogen-bond acceptors (Lipinski definition) is 4. The van der Waals surface area contributed by atoms with E-state index in [9.17, 15) is 9.59 Å². The van der Waals surface area contributed by atoms with E-state index < -0.39 is 12.0 Å². The summed E-state index contributed by atoms with van der Waals surface area (Å²) in [5.41, 5.74) is 1.73. The monoisotopic (exact) mass is 346 g/mol. The highest BCUT2D eigenvalue weighted by Crippen LogP contribution is 2.29. The van der Waals surface area contributed by atoms with Crippen molar-refractivity contribution < 1.29 is 19.1 Å². The molecule has 0 radical (unpaired) electrons. The molecule has 1 aromatic rings. The van der Waals surface area contributed by atoms with Crippen LogP contribution in [-0.2, 0) is 9.53 Å². The van der Waals surface area contributed by atoms with E-state index >= 15 is 0 Å². The number of esters is 1. The Morgan fingerprint density at radius 2 is 1.92 bits per heavy atom. The molecule has 2 rings (SSSR count). The predicted molar refractivity (Wildman–Crippen MR) is 95.1 cm³/mol. The largest absolute Gasteiger partial charge is 0.494 e. The molecule has 0 aliphatic carbocycles. The molecule has 1 aliphatic heterocycles. The van der Waals surface area contributed by atoms with Gasteiger partial charge in [0.15, 0.2) is 0 Å². The number of urea groups is 1. The second-order valence-corrected chi connectivity index (χ2v) is 6.48. The lowest BCUT2D eigenvalue weighted by Crippen LogP contribution is -2.45. The maximum absolute atomic E-state index is 12.5. The summed E-state index contributed by atoms with van der Waals surface area (Å²) in [5, 5.41) is 5.44. The van der Waals surface area contributed by atoms with Gasteiger partial charge < -0.3 is 20.1 Å². The van der Waals surface area contributed by atoms with Crippen molar-refractivity contribution in [3.8, 4) is 5.75 Å². The Morgan fingerprint density at radius 3 is 2.52 bits per heavy atom. The van der Waals surface area contributed by atoms with Crippen molar-refractivity contribution in [1.29, 1.82) is 0 Å². The van der Waals surface area contributed by atoms with Gasteiger partial charge in [0.2, 0.25) is 0 Å². The van der Waals surface area contributed by atoms with E-state index in [-0.39, 0.29) is 11.9 Å². The lowest BCUT2D eigenvalue weighted by Gasteiger charge is -2.28. The highest BCUT2D eigenvalue weighted by Gasteiger charge is 2.32. The maximum atomic E-state index is 12.5. The van der Waals surface area contributed by atoms with Gasteiger partial charge in [-0.05, 0) is 37.0 Å². The minimum Gasteiger partial charge on any atom is -0.494 e. The van der Waals surface area contributed by atoms with Gasteiger partial charge in [0.1, 0.15) is 5.75 Å². The Kier molecular flexibility index (Phi) is 6.44. The summed E-state index contributed by atoms with van der Waals surface area (Å²) in [6.45, 7) is 8.68. The standard InChI is InChI=1S/C19H26N2O4/c1-5-10-24-15-8-6-14(7-9-15)17-16(13(4)20-19(23)21-17)18(22)25-11-12(2)3/h6-9,12,17H,5,10-11H2,1-4H3,(H2,20,21,23)/t17-/m1/s1. The summed E-state index contributed by atoms with van der Waals surface area (Å²) in [5.74, 6) is 0.579. The summed E-state index contributed by atoms with van der Waals surface area (Å²) in [6, 6.07) is 6.49. The minimum atomic E-state index is -0.548. The first-order valence-electron chi connectivity index (χ1n) is 8.60. The minimum absolute atomic E-state index is 0.240. The number of carbonyl (C=O) groups is 2. The van der Waals surface area contributed by atoms with E-state index in [1.54, 1.807) is 6.92 Å². The van der Waals surface area contributed by atoms with Crippen molar-refractivity contribution >= 4 is 12.0 Å². The number of nitrogens with one attached hydrogen (secondary N) is 2. The zero-order valence-corrected chi connectivity index (χ0v) is 15.2. The molecular formula is C19H26N2O4. The Morgan fingerprint density at radius 1 is 1.24 bits per heavy atom. The number of ether oxygens (including phenoxy) is 2.